The molecule has 0 aliphatic carbocycles. The number of aromatic carboxylic acids is 1. The summed E-state index contributed by atoms with van der Waals surface area (Å²) in [5.74, 6) is -0.381. The van der Waals surface area contributed by atoms with Gasteiger partial charge in [0.1, 0.15) is 0 Å². The maximum absolute atomic E-state index is 11.7. The van der Waals surface area contributed by atoms with Gasteiger partial charge in [0.25, 0.3) is 0 Å². The van der Waals surface area contributed by atoms with Crippen LogP contribution in [0.3, 0.4) is 0 Å². The third-order valence-electron chi connectivity index (χ3n) is 2.43. The van der Waals surface area contributed by atoms with E-state index in [9.17, 15) is 9.59 Å². The predicted molar refractivity (Wildman–Crippen MR) is 73.3 cm³/mol. The molecule has 0 aliphatic rings. The number of urea groups is 1. The zero-order valence-corrected chi connectivity index (χ0v) is 11.6. The summed E-state index contributed by atoms with van der Waals surface area (Å²) in [6.07, 6.45) is 0. The number of aromatic nitrogens is 2. The van der Waals surface area contributed by atoms with Crippen LogP contribution in [0, 0.1) is 6.92 Å². The molecule has 9 heteroatoms. The van der Waals surface area contributed by atoms with Gasteiger partial charge in [-0.3, -0.25) is 0 Å². The fraction of sp³-hybridized carbons (Fsp3) is 0.167. The Morgan fingerprint density at radius 1 is 1.43 bits per heavy atom. The number of hydrogen-bond donors (Lipinski definition) is 3. The molecule has 2 aromatic rings. The van der Waals surface area contributed by atoms with Crippen molar-refractivity contribution in [1.82, 2.24) is 15.5 Å². The number of nitrogens with one attached hydrogen (secondary N) is 2. The first-order valence-corrected chi connectivity index (χ1v) is 6.20. The Balaban J connectivity index is 1.93. The summed E-state index contributed by atoms with van der Waals surface area (Å²) < 4.78 is 4.76. The van der Waals surface area contributed by atoms with Crippen molar-refractivity contribution in [3.63, 3.8) is 0 Å². The van der Waals surface area contributed by atoms with Crippen LogP contribution in [0.25, 0.3) is 0 Å². The van der Waals surface area contributed by atoms with Gasteiger partial charge in [-0.2, -0.15) is 4.98 Å². The van der Waals surface area contributed by atoms with E-state index in [4.69, 9.17) is 21.2 Å². The molecule has 21 heavy (non-hydrogen) atoms. The van der Waals surface area contributed by atoms with Gasteiger partial charge in [0, 0.05) is 12.6 Å². The number of halogens is 1. The molecule has 1 heterocycles. The predicted octanol–water partition coefficient (Wildman–Crippen LogP) is 2.05. The first-order chi connectivity index (χ1) is 9.95. The number of carboxylic acids is 1. The van der Waals surface area contributed by atoms with E-state index in [-0.39, 0.29) is 17.1 Å². The highest BCUT2D eigenvalue weighted by Crippen LogP contribution is 2.20. The van der Waals surface area contributed by atoms with E-state index >= 15 is 0 Å². The van der Waals surface area contributed by atoms with Crippen LogP contribution in [0.2, 0.25) is 5.02 Å². The Morgan fingerprint density at radius 2 is 2.19 bits per heavy atom. The highest BCUT2D eigenvalue weighted by atomic mass is 35.5. The van der Waals surface area contributed by atoms with Gasteiger partial charge in [0.15, 0.2) is 5.82 Å². The van der Waals surface area contributed by atoms with Gasteiger partial charge in [-0.15, -0.1) is 0 Å². The molecule has 0 fully saturated rings. The summed E-state index contributed by atoms with van der Waals surface area (Å²) in [4.78, 5) is 26.4. The van der Waals surface area contributed by atoms with Crippen LogP contribution in [0.15, 0.2) is 22.7 Å². The monoisotopic (exact) mass is 310 g/mol. The van der Waals surface area contributed by atoms with Crippen LogP contribution < -0.4 is 10.6 Å². The molecule has 0 saturated heterocycles. The van der Waals surface area contributed by atoms with Gasteiger partial charge < -0.3 is 20.3 Å². The van der Waals surface area contributed by atoms with Crippen molar-refractivity contribution >= 4 is 29.3 Å². The molecule has 2 amide bonds. The van der Waals surface area contributed by atoms with E-state index in [0.717, 1.165) is 0 Å². The Bertz CT molecular complexity index is 686. The molecule has 1 aromatic heterocycles. The number of rotatable bonds is 4. The van der Waals surface area contributed by atoms with Crippen molar-refractivity contribution in [2.75, 3.05) is 5.32 Å². The number of carboxylic acid groups (broad SMARTS) is 1. The second-order valence-corrected chi connectivity index (χ2v) is 4.44. The second kappa shape index (κ2) is 6.23. The summed E-state index contributed by atoms with van der Waals surface area (Å²) in [5, 5.41) is 17.5. The van der Waals surface area contributed by atoms with Crippen LogP contribution in [0.5, 0.6) is 0 Å². The summed E-state index contributed by atoms with van der Waals surface area (Å²) in [6.45, 7) is 1.74. The third-order valence-corrected chi connectivity index (χ3v) is 2.75. The molecule has 8 nitrogen and oxygen atoms in total. The van der Waals surface area contributed by atoms with Crippen molar-refractivity contribution in [2.45, 2.75) is 13.5 Å². The van der Waals surface area contributed by atoms with Crippen molar-refractivity contribution < 1.29 is 19.2 Å². The number of aryl methyl sites for hydroxylation is 1. The van der Waals surface area contributed by atoms with Gasteiger partial charge in [0.05, 0.1) is 17.1 Å². The molecule has 110 valence electrons. The average molecular weight is 311 g/mol. The summed E-state index contributed by atoms with van der Waals surface area (Å²) in [7, 11) is 0. The lowest BCUT2D eigenvalue weighted by molar-refractivity contribution is 0.0697. The molecule has 0 aliphatic heterocycles. The first kappa shape index (κ1) is 14.8. The van der Waals surface area contributed by atoms with E-state index in [1.807, 2.05) is 0 Å². The lowest BCUT2D eigenvalue weighted by Crippen LogP contribution is -2.28. The number of amides is 2. The van der Waals surface area contributed by atoms with E-state index < -0.39 is 12.0 Å². The normalized spacial score (nSPS) is 10.2. The lowest BCUT2D eigenvalue weighted by Gasteiger charge is -2.07. The maximum Gasteiger partial charge on any atom is 0.337 e. The Hall–Kier alpha value is -2.61. The van der Waals surface area contributed by atoms with Crippen LogP contribution >= 0.6 is 11.6 Å². The minimum absolute atomic E-state index is 0.0362. The van der Waals surface area contributed by atoms with Crippen molar-refractivity contribution in [1.29, 1.82) is 0 Å². The molecule has 2 rings (SSSR count). The minimum atomic E-state index is -1.14. The maximum atomic E-state index is 11.7. The quantitative estimate of drug-likeness (QED) is 0.795. The van der Waals surface area contributed by atoms with Gasteiger partial charge in [-0.05, 0) is 18.2 Å². The van der Waals surface area contributed by atoms with Gasteiger partial charge in [0.2, 0.25) is 5.89 Å². The van der Waals surface area contributed by atoms with Gasteiger partial charge >= 0.3 is 12.0 Å². The summed E-state index contributed by atoms with van der Waals surface area (Å²) >= 11 is 5.80. The molecule has 0 radical (unpaired) electrons. The molecule has 0 spiro atoms. The highest BCUT2D eigenvalue weighted by Gasteiger charge is 2.10. The molecular formula is C12H11ClN4O4. The highest BCUT2D eigenvalue weighted by molar-refractivity contribution is 6.33. The van der Waals surface area contributed by atoms with Crippen molar-refractivity contribution in [2.24, 2.45) is 0 Å². The topological polar surface area (TPSA) is 117 Å². The van der Waals surface area contributed by atoms with Crippen LogP contribution in [0.1, 0.15) is 22.1 Å². The van der Waals surface area contributed by atoms with E-state index in [2.05, 4.69) is 20.8 Å². The average Bonchev–Trinajstić information content (AvgIpc) is 2.82. The van der Waals surface area contributed by atoms with E-state index in [0.29, 0.717) is 17.4 Å². The molecular weight excluding hydrogens is 300 g/mol. The zero-order chi connectivity index (χ0) is 15.4. The standard InChI is InChI=1S/C12H11ClN4O4/c1-6-15-10(17-21-6)5-14-12(20)16-7-2-3-8(11(18)19)9(13)4-7/h2-4H,5H2,1H3,(H,18,19)(H2,14,16,20). The van der Waals surface area contributed by atoms with E-state index in [1.54, 1.807) is 6.92 Å². The van der Waals surface area contributed by atoms with Crippen molar-refractivity contribution in [3.05, 3.63) is 40.5 Å². The van der Waals surface area contributed by atoms with Crippen LogP contribution in [-0.2, 0) is 6.54 Å². The number of benzene rings is 1. The Labute approximate surface area is 124 Å². The van der Waals surface area contributed by atoms with E-state index in [1.165, 1.54) is 18.2 Å². The second-order valence-electron chi connectivity index (χ2n) is 4.04. The van der Waals surface area contributed by atoms with Gasteiger partial charge in [-0.1, -0.05) is 16.8 Å². The smallest absolute Gasteiger partial charge is 0.337 e. The largest absolute Gasteiger partial charge is 0.478 e. The fourth-order valence-corrected chi connectivity index (χ4v) is 1.78. The molecule has 0 bridgehead atoms. The van der Waals surface area contributed by atoms with Gasteiger partial charge in [-0.25, -0.2) is 9.59 Å². The Kier molecular flexibility index (Phi) is 4.39. The molecule has 3 N–H and O–H groups in total. The summed E-state index contributed by atoms with van der Waals surface area (Å²) in [6, 6.07) is 3.59. The van der Waals surface area contributed by atoms with Crippen LogP contribution in [0.4, 0.5) is 10.5 Å². The number of nitrogens with zero attached hydrogens (tertiary/aromatic N) is 2. The molecule has 0 saturated carbocycles. The molecule has 0 atom stereocenters. The lowest BCUT2D eigenvalue weighted by atomic mass is 10.2. The number of carbonyl (C=O) groups excluding carboxylic acids is 1. The minimum Gasteiger partial charge on any atom is -0.478 e. The van der Waals surface area contributed by atoms with Crippen LogP contribution in [-0.4, -0.2) is 27.2 Å². The first-order valence-electron chi connectivity index (χ1n) is 5.82. The zero-order valence-electron chi connectivity index (χ0n) is 10.9. The number of anilines is 1. The fourth-order valence-electron chi connectivity index (χ4n) is 1.51. The number of carbonyl (C=O) groups is 2. The molecule has 1 aromatic carbocycles. The Morgan fingerprint density at radius 3 is 2.76 bits per heavy atom. The number of hydrogen-bond acceptors (Lipinski definition) is 5. The third kappa shape index (κ3) is 3.93. The summed E-state index contributed by atoms with van der Waals surface area (Å²) in [5.41, 5.74) is 0.330. The van der Waals surface area contributed by atoms with Crippen molar-refractivity contribution in [3.8, 4) is 0 Å². The molecule has 0 unspecified atom stereocenters. The SMILES string of the molecule is Cc1nc(CNC(=O)Nc2ccc(C(=O)O)c(Cl)c2)no1.